The number of fused-ring (bicyclic) bond motifs is 1. The van der Waals surface area contributed by atoms with Crippen LogP contribution in [0, 0.1) is 19.8 Å². The van der Waals surface area contributed by atoms with E-state index in [-0.39, 0.29) is 0 Å². The highest BCUT2D eigenvalue weighted by atomic mass is 16.5. The molecule has 2 aromatic carbocycles. The summed E-state index contributed by atoms with van der Waals surface area (Å²) in [6.45, 7) is 9.27. The second-order valence-electron chi connectivity index (χ2n) is 7.63. The Kier molecular flexibility index (Phi) is 6.08. The highest BCUT2D eigenvalue weighted by Gasteiger charge is 2.12. The SMILES string of the molecule is COc1cc2ccnc(Cc3cc(C)c(OCC(C)C)c(C)c3)c2cc1OC. The molecular weight excluding hydrogens is 350 g/mol. The topological polar surface area (TPSA) is 40.6 Å². The van der Waals surface area contributed by atoms with Crippen molar-refractivity contribution in [3.63, 3.8) is 0 Å². The van der Waals surface area contributed by atoms with Gasteiger partial charge in [0.05, 0.1) is 26.5 Å². The van der Waals surface area contributed by atoms with Crippen molar-refractivity contribution in [1.82, 2.24) is 4.98 Å². The number of pyridine rings is 1. The summed E-state index contributed by atoms with van der Waals surface area (Å²) in [5.41, 5.74) is 4.57. The first-order valence-electron chi connectivity index (χ1n) is 9.65. The lowest BCUT2D eigenvalue weighted by Gasteiger charge is -2.16. The van der Waals surface area contributed by atoms with Crippen LogP contribution in [0.2, 0.25) is 0 Å². The summed E-state index contributed by atoms with van der Waals surface area (Å²) >= 11 is 0. The molecule has 148 valence electrons. The molecule has 0 atom stereocenters. The van der Waals surface area contributed by atoms with Gasteiger partial charge in [-0.1, -0.05) is 26.0 Å². The summed E-state index contributed by atoms with van der Waals surface area (Å²) in [4.78, 5) is 4.65. The van der Waals surface area contributed by atoms with Gasteiger partial charge in [-0.25, -0.2) is 0 Å². The molecule has 0 fully saturated rings. The van der Waals surface area contributed by atoms with E-state index >= 15 is 0 Å². The third kappa shape index (κ3) is 4.22. The van der Waals surface area contributed by atoms with Crippen molar-refractivity contribution in [1.29, 1.82) is 0 Å². The number of benzene rings is 2. The molecule has 3 rings (SSSR count). The molecule has 0 bridgehead atoms. The Labute approximate surface area is 167 Å². The summed E-state index contributed by atoms with van der Waals surface area (Å²) in [6, 6.07) is 10.4. The molecule has 4 heteroatoms. The second kappa shape index (κ2) is 8.51. The van der Waals surface area contributed by atoms with Crippen LogP contribution in [-0.2, 0) is 6.42 Å². The fourth-order valence-electron chi connectivity index (χ4n) is 3.51. The molecule has 1 heterocycles. The first-order valence-corrected chi connectivity index (χ1v) is 9.65. The van der Waals surface area contributed by atoms with Gasteiger partial charge in [-0.05, 0) is 60.0 Å². The number of methoxy groups -OCH3 is 2. The van der Waals surface area contributed by atoms with Gasteiger partial charge in [-0.3, -0.25) is 4.98 Å². The summed E-state index contributed by atoms with van der Waals surface area (Å²) < 4.78 is 16.9. The lowest BCUT2D eigenvalue weighted by molar-refractivity contribution is 0.267. The Morgan fingerprint density at radius 2 is 1.57 bits per heavy atom. The molecule has 4 nitrogen and oxygen atoms in total. The molecule has 3 aromatic rings. The second-order valence-corrected chi connectivity index (χ2v) is 7.63. The van der Waals surface area contributed by atoms with Gasteiger partial charge in [0, 0.05) is 18.0 Å². The Balaban J connectivity index is 1.96. The molecule has 0 radical (unpaired) electrons. The van der Waals surface area contributed by atoms with Crippen molar-refractivity contribution in [2.24, 2.45) is 5.92 Å². The third-order valence-corrected chi connectivity index (χ3v) is 4.80. The van der Waals surface area contributed by atoms with E-state index in [1.807, 2.05) is 24.4 Å². The van der Waals surface area contributed by atoms with Crippen molar-refractivity contribution < 1.29 is 14.2 Å². The quantitative estimate of drug-likeness (QED) is 0.544. The number of ether oxygens (including phenoxy) is 3. The van der Waals surface area contributed by atoms with Crippen molar-refractivity contribution >= 4 is 10.8 Å². The van der Waals surface area contributed by atoms with E-state index in [1.165, 1.54) is 5.56 Å². The predicted molar refractivity (Wildman–Crippen MR) is 114 cm³/mol. The van der Waals surface area contributed by atoms with E-state index < -0.39 is 0 Å². The molecule has 0 N–H and O–H groups in total. The average molecular weight is 380 g/mol. The fourth-order valence-corrected chi connectivity index (χ4v) is 3.51. The molecule has 0 amide bonds. The first-order chi connectivity index (χ1) is 13.4. The van der Waals surface area contributed by atoms with Crippen LogP contribution < -0.4 is 14.2 Å². The van der Waals surface area contributed by atoms with Crippen LogP contribution in [0.5, 0.6) is 17.2 Å². The van der Waals surface area contributed by atoms with Gasteiger partial charge in [0.25, 0.3) is 0 Å². The van der Waals surface area contributed by atoms with Gasteiger partial charge in [0.15, 0.2) is 11.5 Å². The summed E-state index contributed by atoms with van der Waals surface area (Å²) in [5, 5.41) is 2.17. The number of hydrogen-bond acceptors (Lipinski definition) is 4. The average Bonchev–Trinajstić information content (AvgIpc) is 2.66. The number of nitrogens with zero attached hydrogens (tertiary/aromatic N) is 1. The molecular formula is C24H29NO3. The molecule has 0 aliphatic heterocycles. The van der Waals surface area contributed by atoms with E-state index in [0.717, 1.165) is 52.1 Å². The van der Waals surface area contributed by atoms with Crippen LogP contribution in [0.1, 0.15) is 36.2 Å². The van der Waals surface area contributed by atoms with Crippen molar-refractivity contribution in [2.45, 2.75) is 34.1 Å². The number of aromatic nitrogens is 1. The summed E-state index contributed by atoms with van der Waals surface area (Å²) in [7, 11) is 3.31. The first kappa shape index (κ1) is 20.0. The van der Waals surface area contributed by atoms with Gasteiger partial charge in [-0.15, -0.1) is 0 Å². The third-order valence-electron chi connectivity index (χ3n) is 4.80. The maximum absolute atomic E-state index is 6.01. The Morgan fingerprint density at radius 1 is 0.929 bits per heavy atom. The van der Waals surface area contributed by atoms with Crippen LogP contribution >= 0.6 is 0 Å². The van der Waals surface area contributed by atoms with Crippen LogP contribution in [0.3, 0.4) is 0 Å². The van der Waals surface area contributed by atoms with E-state index in [0.29, 0.717) is 11.7 Å². The molecule has 0 saturated heterocycles. The van der Waals surface area contributed by atoms with Gasteiger partial charge in [0.1, 0.15) is 5.75 Å². The Hall–Kier alpha value is -2.75. The Bertz CT molecular complexity index is 956. The highest BCUT2D eigenvalue weighted by Crippen LogP contribution is 2.34. The maximum atomic E-state index is 6.01. The van der Waals surface area contributed by atoms with Gasteiger partial charge < -0.3 is 14.2 Å². The maximum Gasteiger partial charge on any atom is 0.161 e. The molecule has 0 aliphatic carbocycles. The summed E-state index contributed by atoms with van der Waals surface area (Å²) in [6.07, 6.45) is 2.60. The molecule has 0 spiro atoms. The van der Waals surface area contributed by atoms with E-state index in [2.05, 4.69) is 44.8 Å². The number of hydrogen-bond donors (Lipinski definition) is 0. The van der Waals surface area contributed by atoms with Crippen LogP contribution in [0.4, 0.5) is 0 Å². The largest absolute Gasteiger partial charge is 0.493 e. The molecule has 0 aliphatic rings. The van der Waals surface area contributed by atoms with E-state index in [4.69, 9.17) is 14.2 Å². The molecule has 0 saturated carbocycles. The van der Waals surface area contributed by atoms with Crippen LogP contribution in [0.15, 0.2) is 36.5 Å². The predicted octanol–water partition coefficient (Wildman–Crippen LogP) is 5.49. The molecule has 0 unspecified atom stereocenters. The summed E-state index contributed by atoms with van der Waals surface area (Å²) in [5.74, 6) is 2.94. The van der Waals surface area contributed by atoms with Gasteiger partial charge in [-0.2, -0.15) is 0 Å². The lowest BCUT2D eigenvalue weighted by Crippen LogP contribution is -2.07. The minimum absolute atomic E-state index is 0.505. The van der Waals surface area contributed by atoms with Crippen molar-refractivity contribution in [3.05, 3.63) is 58.9 Å². The van der Waals surface area contributed by atoms with E-state index in [1.54, 1.807) is 14.2 Å². The normalized spacial score (nSPS) is 11.1. The van der Waals surface area contributed by atoms with Crippen LogP contribution in [0.25, 0.3) is 10.8 Å². The molecule has 1 aromatic heterocycles. The van der Waals surface area contributed by atoms with E-state index in [9.17, 15) is 0 Å². The van der Waals surface area contributed by atoms with Crippen LogP contribution in [-0.4, -0.2) is 25.8 Å². The standard InChI is InChI=1S/C24H29NO3/c1-15(2)14-28-24-16(3)9-18(10-17(24)4)11-21-20-13-23(27-6)22(26-5)12-19(20)7-8-25-21/h7-10,12-13,15H,11,14H2,1-6H3. The van der Waals surface area contributed by atoms with Crippen molar-refractivity contribution in [2.75, 3.05) is 20.8 Å². The van der Waals surface area contributed by atoms with Gasteiger partial charge in [0.2, 0.25) is 0 Å². The minimum Gasteiger partial charge on any atom is -0.493 e. The minimum atomic E-state index is 0.505. The monoisotopic (exact) mass is 379 g/mol. The highest BCUT2D eigenvalue weighted by molar-refractivity contribution is 5.88. The Morgan fingerprint density at radius 3 is 2.18 bits per heavy atom. The zero-order valence-electron chi connectivity index (χ0n) is 17.6. The van der Waals surface area contributed by atoms with Crippen molar-refractivity contribution in [3.8, 4) is 17.2 Å². The lowest BCUT2D eigenvalue weighted by atomic mass is 9.99. The number of aryl methyl sites for hydroxylation is 2. The smallest absolute Gasteiger partial charge is 0.161 e. The number of rotatable bonds is 7. The molecule has 28 heavy (non-hydrogen) atoms. The van der Waals surface area contributed by atoms with Gasteiger partial charge >= 0.3 is 0 Å². The zero-order chi connectivity index (χ0) is 20.3. The zero-order valence-corrected chi connectivity index (χ0v) is 17.6. The fraction of sp³-hybridized carbons (Fsp3) is 0.375.